The molecule has 131 valence electrons. The Labute approximate surface area is 147 Å². The number of rotatable bonds is 4. The maximum absolute atomic E-state index is 6.17. The zero-order valence-electron chi connectivity index (χ0n) is 16.0. The Hall–Kier alpha value is -1.59. The van der Waals surface area contributed by atoms with E-state index in [0.29, 0.717) is 12.4 Å². The number of anilines is 1. The molecular weight excluding hydrogens is 314 g/mol. The fourth-order valence-electron chi connectivity index (χ4n) is 2.15. The lowest BCUT2D eigenvalue weighted by Crippen LogP contribution is -2.25. The minimum Gasteiger partial charge on any atom is -0.412 e. The van der Waals surface area contributed by atoms with Crippen molar-refractivity contribution in [3.8, 4) is 5.69 Å². The van der Waals surface area contributed by atoms with E-state index in [4.69, 9.17) is 10.2 Å². The second kappa shape index (κ2) is 6.73. The van der Waals surface area contributed by atoms with Gasteiger partial charge in [0.2, 0.25) is 9.04 Å². The first-order valence-electron chi connectivity index (χ1n) is 8.40. The number of hydrogen-bond acceptors (Lipinski definition) is 3. The van der Waals surface area contributed by atoms with E-state index in [-0.39, 0.29) is 10.5 Å². The van der Waals surface area contributed by atoms with Gasteiger partial charge in [-0.2, -0.15) is 5.10 Å². The molecule has 1 aromatic heterocycles. The van der Waals surface area contributed by atoms with E-state index in [1.807, 2.05) is 22.9 Å². The average Bonchev–Trinajstić information content (AvgIpc) is 2.86. The highest BCUT2D eigenvalue weighted by Crippen LogP contribution is 2.28. The Morgan fingerprint density at radius 2 is 1.79 bits per heavy atom. The summed E-state index contributed by atoms with van der Waals surface area (Å²) in [6.07, 6.45) is 0. The van der Waals surface area contributed by atoms with Crippen molar-refractivity contribution >= 4 is 14.9 Å². The average molecular weight is 345 g/mol. The Morgan fingerprint density at radius 1 is 1.12 bits per heavy atom. The van der Waals surface area contributed by atoms with Crippen LogP contribution in [0.5, 0.6) is 0 Å². The van der Waals surface area contributed by atoms with Crippen LogP contribution in [0, 0.1) is 0 Å². The summed E-state index contributed by atoms with van der Waals surface area (Å²) in [7, 11) is -0.850. The van der Waals surface area contributed by atoms with Crippen LogP contribution in [0.15, 0.2) is 30.3 Å². The van der Waals surface area contributed by atoms with Crippen molar-refractivity contribution in [2.75, 3.05) is 5.73 Å². The van der Waals surface area contributed by atoms with E-state index in [2.05, 4.69) is 65.3 Å². The quantitative estimate of drug-likeness (QED) is 0.819. The molecule has 1 heterocycles. The van der Waals surface area contributed by atoms with E-state index >= 15 is 0 Å². The van der Waals surface area contributed by atoms with Crippen molar-refractivity contribution in [2.24, 2.45) is 0 Å². The molecule has 0 fully saturated rings. The highest BCUT2D eigenvalue weighted by atomic mass is 28.3. The van der Waals surface area contributed by atoms with Crippen molar-refractivity contribution in [1.82, 2.24) is 9.78 Å². The summed E-state index contributed by atoms with van der Waals surface area (Å²) >= 11 is 0. The summed E-state index contributed by atoms with van der Waals surface area (Å²) < 4.78 is 7.93. The highest BCUT2D eigenvalue weighted by Gasteiger charge is 2.24. The molecule has 0 bridgehead atoms. The lowest BCUT2D eigenvalue weighted by Gasteiger charge is -2.24. The largest absolute Gasteiger partial charge is 0.412 e. The number of aromatic nitrogens is 2. The third-order valence-electron chi connectivity index (χ3n) is 4.17. The Morgan fingerprint density at radius 3 is 2.33 bits per heavy atom. The lowest BCUT2D eigenvalue weighted by molar-refractivity contribution is 0.294. The maximum atomic E-state index is 6.17. The van der Waals surface area contributed by atoms with Gasteiger partial charge in [0, 0.05) is 11.5 Å². The first-order valence-corrected chi connectivity index (χ1v) is 10.3. The molecule has 1 radical (unpaired) electrons. The third kappa shape index (κ3) is 4.48. The molecule has 0 saturated heterocycles. The van der Waals surface area contributed by atoms with Gasteiger partial charge < -0.3 is 10.2 Å². The number of nitrogens with two attached hydrogens (primary N) is 1. The van der Waals surface area contributed by atoms with Crippen molar-refractivity contribution in [2.45, 2.75) is 65.1 Å². The standard InChI is InChI=1S/C19H30N3OSi/c1-18(2,3)16-12-17(20)22(21-16)15-10-8-9-14(11-15)13-23-24(7)19(4,5)6/h8-12H,13,20H2,1-7H3. The lowest BCUT2D eigenvalue weighted by atomic mass is 9.92. The monoisotopic (exact) mass is 344 g/mol. The highest BCUT2D eigenvalue weighted by molar-refractivity contribution is 6.53. The number of nitrogens with zero attached hydrogens (tertiary/aromatic N) is 2. The zero-order valence-corrected chi connectivity index (χ0v) is 17.0. The van der Waals surface area contributed by atoms with Gasteiger partial charge in [-0.25, -0.2) is 4.68 Å². The molecule has 1 aromatic carbocycles. The predicted molar refractivity (Wildman–Crippen MR) is 103 cm³/mol. The molecule has 5 heteroatoms. The molecule has 0 aliphatic heterocycles. The first-order chi connectivity index (χ1) is 11.0. The molecule has 4 nitrogen and oxygen atoms in total. The molecule has 2 rings (SSSR count). The summed E-state index contributed by atoms with van der Waals surface area (Å²) in [6.45, 7) is 16.0. The van der Waals surface area contributed by atoms with E-state index < -0.39 is 9.04 Å². The minimum atomic E-state index is -0.850. The molecule has 0 aliphatic rings. The Bertz CT molecular complexity index is 695. The van der Waals surface area contributed by atoms with Gasteiger partial charge in [0.1, 0.15) is 5.82 Å². The maximum Gasteiger partial charge on any atom is 0.214 e. The topological polar surface area (TPSA) is 53.1 Å². The zero-order chi connectivity index (χ0) is 18.1. The van der Waals surface area contributed by atoms with Gasteiger partial charge in [0.05, 0.1) is 18.0 Å². The van der Waals surface area contributed by atoms with Crippen molar-refractivity contribution in [3.63, 3.8) is 0 Å². The summed E-state index contributed by atoms with van der Waals surface area (Å²) in [5.41, 5.74) is 9.27. The molecule has 2 N–H and O–H groups in total. The van der Waals surface area contributed by atoms with Crippen molar-refractivity contribution in [1.29, 1.82) is 0 Å². The van der Waals surface area contributed by atoms with Crippen LogP contribution in [0.25, 0.3) is 5.69 Å². The summed E-state index contributed by atoms with van der Waals surface area (Å²) in [5.74, 6) is 0.660. The normalized spacial score (nSPS) is 12.8. The SMILES string of the molecule is C[Si](OCc1cccc(-n2nc(C(C)(C)C)cc2N)c1)C(C)(C)C. The Balaban J connectivity index is 2.21. The second-order valence-electron chi connectivity index (χ2n) is 8.38. The Kier molecular flexibility index (Phi) is 5.25. The second-order valence-corrected chi connectivity index (χ2v) is 11.3. The van der Waals surface area contributed by atoms with Crippen LogP contribution < -0.4 is 5.73 Å². The first kappa shape index (κ1) is 18.7. The smallest absolute Gasteiger partial charge is 0.214 e. The van der Waals surface area contributed by atoms with Gasteiger partial charge in [-0.05, 0) is 29.3 Å². The molecule has 0 atom stereocenters. The number of benzene rings is 1. The van der Waals surface area contributed by atoms with Gasteiger partial charge >= 0.3 is 0 Å². The molecule has 2 aromatic rings. The van der Waals surface area contributed by atoms with Gasteiger partial charge in [-0.3, -0.25) is 0 Å². The molecular formula is C19H30N3OSi. The van der Waals surface area contributed by atoms with E-state index in [1.54, 1.807) is 0 Å². The van der Waals surface area contributed by atoms with Gasteiger partial charge in [-0.15, -0.1) is 0 Å². The third-order valence-corrected chi connectivity index (χ3v) is 6.86. The predicted octanol–water partition coefficient (Wildman–Crippen LogP) is 4.69. The molecule has 0 unspecified atom stereocenters. The molecule has 0 spiro atoms. The number of hydrogen-bond donors (Lipinski definition) is 1. The van der Waals surface area contributed by atoms with Crippen LogP contribution >= 0.6 is 0 Å². The van der Waals surface area contributed by atoms with Crippen LogP contribution in [0.2, 0.25) is 11.6 Å². The van der Waals surface area contributed by atoms with Crippen molar-refractivity contribution < 1.29 is 4.43 Å². The van der Waals surface area contributed by atoms with Gasteiger partial charge in [0.15, 0.2) is 0 Å². The summed E-state index contributed by atoms with van der Waals surface area (Å²) in [6, 6.07) is 10.2. The van der Waals surface area contributed by atoms with Crippen LogP contribution in [0.1, 0.15) is 52.8 Å². The van der Waals surface area contributed by atoms with Crippen LogP contribution in [-0.2, 0) is 16.4 Å². The minimum absolute atomic E-state index is 0.0215. The molecule has 0 aliphatic carbocycles. The van der Waals surface area contributed by atoms with Crippen molar-refractivity contribution in [3.05, 3.63) is 41.6 Å². The molecule has 24 heavy (non-hydrogen) atoms. The fraction of sp³-hybridized carbons (Fsp3) is 0.526. The van der Waals surface area contributed by atoms with E-state index in [9.17, 15) is 0 Å². The van der Waals surface area contributed by atoms with Crippen LogP contribution in [0.3, 0.4) is 0 Å². The van der Waals surface area contributed by atoms with Crippen LogP contribution in [0.4, 0.5) is 5.82 Å². The van der Waals surface area contributed by atoms with Gasteiger partial charge in [0.25, 0.3) is 0 Å². The van der Waals surface area contributed by atoms with Crippen LogP contribution in [-0.4, -0.2) is 18.8 Å². The summed E-state index contributed by atoms with van der Waals surface area (Å²) in [5, 5.41) is 4.92. The number of nitrogen functional groups attached to an aromatic ring is 1. The van der Waals surface area contributed by atoms with E-state index in [0.717, 1.165) is 16.9 Å². The fourth-order valence-corrected chi connectivity index (χ4v) is 2.97. The van der Waals surface area contributed by atoms with E-state index in [1.165, 1.54) is 0 Å². The van der Waals surface area contributed by atoms with Gasteiger partial charge in [-0.1, -0.05) is 53.7 Å². The molecule has 0 saturated carbocycles. The molecule has 0 amide bonds. The summed E-state index contributed by atoms with van der Waals surface area (Å²) in [4.78, 5) is 0.